The van der Waals surface area contributed by atoms with Crippen molar-refractivity contribution in [1.82, 2.24) is 4.90 Å². The monoisotopic (exact) mass is 710 g/mol. The smallest absolute Gasteiger partial charge is 0.444 e. The highest BCUT2D eigenvalue weighted by Crippen LogP contribution is 2.44. The van der Waals surface area contributed by atoms with Gasteiger partial charge in [-0.1, -0.05) is 12.1 Å². The van der Waals surface area contributed by atoms with Gasteiger partial charge < -0.3 is 24.2 Å². The Balaban J connectivity index is 1.48. The molecule has 5 rings (SSSR count). The number of carbonyl (C=O) groups is 3. The van der Waals surface area contributed by atoms with E-state index in [-0.39, 0.29) is 30.2 Å². The van der Waals surface area contributed by atoms with E-state index in [4.69, 9.17) is 13.7 Å². The minimum Gasteiger partial charge on any atom is -0.444 e. The van der Waals surface area contributed by atoms with Gasteiger partial charge in [0.1, 0.15) is 5.60 Å². The molecule has 14 heteroatoms. The van der Waals surface area contributed by atoms with Crippen molar-refractivity contribution in [2.24, 2.45) is 5.92 Å². The van der Waals surface area contributed by atoms with E-state index in [1.54, 1.807) is 60.8 Å². The lowest BCUT2D eigenvalue weighted by atomic mass is 9.79. The molecule has 0 aromatic heterocycles. The molecule has 9 nitrogen and oxygen atoms in total. The summed E-state index contributed by atoms with van der Waals surface area (Å²) in [6.45, 7) is 6.73. The molecule has 262 valence electrons. The molecule has 0 N–H and O–H groups in total. The van der Waals surface area contributed by atoms with E-state index in [0.29, 0.717) is 49.5 Å². The van der Waals surface area contributed by atoms with Crippen LogP contribution < -0.4 is 14.0 Å². The number of hydrogen-bond donors (Lipinski definition) is 0. The number of rotatable bonds is 10. The molecule has 2 fully saturated rings. The molecule has 3 atom stereocenters. The second-order valence-corrected chi connectivity index (χ2v) is 15.8. The number of ether oxygens (including phenoxy) is 2. The SMILES string of the molecule is COCCCN1C(=O)CSc2ccc(N(C(=O)[C@H]3CN(C(=O)OC(C)(C)C)CC[C@@H]3c3cccc(O[S+](C)C(F)(F)F)c3)C3CC3)cc21. The number of piperidine rings is 1. The highest BCUT2D eigenvalue weighted by molar-refractivity contribution is 8.00. The van der Waals surface area contributed by atoms with Gasteiger partial charge in [-0.15, -0.1) is 24.9 Å². The van der Waals surface area contributed by atoms with Crippen molar-refractivity contribution in [3.05, 3.63) is 48.0 Å². The number of carbonyl (C=O) groups excluding carboxylic acids is 3. The molecular weight excluding hydrogens is 668 g/mol. The van der Waals surface area contributed by atoms with Crippen molar-refractivity contribution in [1.29, 1.82) is 0 Å². The standard InChI is InChI=1S/C34H43F3N3O6S2/c1-33(2,3)45-32(43)38-16-14-26(22-8-6-9-25(18-22)46-48(5)34(35,36)37)27(20-38)31(42)40(23-10-11-23)24-12-13-29-28(19-24)39(15-7-17-44-4)30(41)21-47-29/h6,8-9,12-13,18-19,23,26-27H,7,10-11,14-17,20-21H2,1-5H3/q+1/t26-,27+,48?/m1/s1. The van der Waals surface area contributed by atoms with E-state index in [1.165, 1.54) is 17.8 Å². The van der Waals surface area contributed by atoms with Crippen LogP contribution in [0.4, 0.5) is 29.3 Å². The van der Waals surface area contributed by atoms with Crippen molar-refractivity contribution in [2.75, 3.05) is 55.2 Å². The quantitative estimate of drug-likeness (QED) is 0.199. The van der Waals surface area contributed by atoms with Crippen LogP contribution in [-0.4, -0.2) is 85.3 Å². The zero-order valence-corrected chi connectivity index (χ0v) is 29.5. The van der Waals surface area contributed by atoms with E-state index >= 15 is 0 Å². The summed E-state index contributed by atoms with van der Waals surface area (Å²) in [5.41, 5.74) is -3.15. The summed E-state index contributed by atoms with van der Waals surface area (Å²) in [6, 6.07) is 12.2. The van der Waals surface area contributed by atoms with Crippen molar-refractivity contribution < 1.29 is 41.2 Å². The van der Waals surface area contributed by atoms with Crippen molar-refractivity contribution in [3.63, 3.8) is 0 Å². The van der Waals surface area contributed by atoms with Gasteiger partial charge in [0, 0.05) is 50.0 Å². The Bertz CT molecular complexity index is 1500. The maximum absolute atomic E-state index is 14.8. The summed E-state index contributed by atoms with van der Waals surface area (Å²) < 4.78 is 56.1. The summed E-state index contributed by atoms with van der Waals surface area (Å²) in [4.78, 5) is 47.0. The summed E-state index contributed by atoms with van der Waals surface area (Å²) >= 11 is -0.845. The first-order chi connectivity index (χ1) is 22.7. The van der Waals surface area contributed by atoms with Crippen molar-refractivity contribution >= 4 is 52.2 Å². The lowest BCUT2D eigenvalue weighted by Gasteiger charge is -2.41. The zero-order valence-electron chi connectivity index (χ0n) is 27.9. The largest absolute Gasteiger partial charge is 0.617 e. The second kappa shape index (κ2) is 14.8. The highest BCUT2D eigenvalue weighted by atomic mass is 32.2. The molecule has 1 aliphatic carbocycles. The molecule has 1 saturated heterocycles. The van der Waals surface area contributed by atoms with Gasteiger partial charge in [0.2, 0.25) is 11.8 Å². The Kier molecular flexibility index (Phi) is 11.2. The van der Waals surface area contributed by atoms with Gasteiger partial charge in [0.05, 0.1) is 17.4 Å². The maximum atomic E-state index is 14.8. The first-order valence-electron chi connectivity index (χ1n) is 16.0. The molecule has 2 aromatic carbocycles. The van der Waals surface area contributed by atoms with Crippen molar-refractivity contribution in [3.8, 4) is 5.75 Å². The number of hydrogen-bond acceptors (Lipinski definition) is 7. The molecule has 0 bridgehead atoms. The number of alkyl halides is 3. The molecule has 1 unspecified atom stereocenters. The Morgan fingerprint density at radius 3 is 2.50 bits per heavy atom. The van der Waals surface area contributed by atoms with Gasteiger partial charge in [-0.05, 0) is 88.3 Å². The Morgan fingerprint density at radius 1 is 1.08 bits per heavy atom. The topological polar surface area (TPSA) is 88.6 Å². The van der Waals surface area contributed by atoms with E-state index in [1.807, 2.05) is 18.2 Å². The van der Waals surface area contributed by atoms with Crippen LogP contribution in [0.25, 0.3) is 0 Å². The molecule has 48 heavy (non-hydrogen) atoms. The van der Waals surface area contributed by atoms with Gasteiger partial charge in [-0.3, -0.25) is 13.8 Å². The van der Waals surface area contributed by atoms with E-state index in [0.717, 1.165) is 29.7 Å². The van der Waals surface area contributed by atoms with E-state index < -0.39 is 40.2 Å². The Hall–Kier alpha value is -3.10. The van der Waals surface area contributed by atoms with E-state index in [9.17, 15) is 27.6 Å². The van der Waals surface area contributed by atoms with Gasteiger partial charge in [-0.25, -0.2) is 4.79 Å². The van der Waals surface area contributed by atoms with Crippen LogP contribution in [-0.2, 0) is 30.2 Å². The average molecular weight is 711 g/mol. The molecule has 1 saturated carbocycles. The van der Waals surface area contributed by atoms with Crippen molar-refractivity contribution in [2.45, 2.75) is 74.4 Å². The average Bonchev–Trinajstić information content (AvgIpc) is 3.86. The summed E-state index contributed by atoms with van der Waals surface area (Å²) in [5, 5.41) is 0. The number of nitrogens with zero attached hydrogens (tertiary/aromatic N) is 3. The zero-order chi connectivity index (χ0) is 34.8. The number of halogens is 3. The normalized spacial score (nSPS) is 20.6. The summed E-state index contributed by atoms with van der Waals surface area (Å²) in [6.07, 6.45) is 3.13. The van der Waals surface area contributed by atoms with Crippen LogP contribution in [0.15, 0.2) is 47.4 Å². The lowest BCUT2D eigenvalue weighted by molar-refractivity contribution is -0.124. The van der Waals surface area contributed by atoms with Gasteiger partial charge >= 0.3 is 22.8 Å². The first-order valence-corrected chi connectivity index (χ1v) is 18.6. The minimum atomic E-state index is -4.50. The highest BCUT2D eigenvalue weighted by Gasteiger charge is 2.52. The molecular formula is C34H43F3N3O6S2+. The maximum Gasteiger partial charge on any atom is 0.617 e. The number of benzene rings is 2. The fourth-order valence-electron chi connectivity index (χ4n) is 6.06. The van der Waals surface area contributed by atoms with E-state index in [2.05, 4.69) is 0 Å². The van der Waals surface area contributed by atoms with Crippen LogP contribution in [0.1, 0.15) is 57.9 Å². The number of likely N-dealkylation sites (tertiary alicyclic amines) is 1. The number of thioether (sulfide) groups is 1. The summed E-state index contributed by atoms with van der Waals surface area (Å²) in [7, 11) is 1.62. The molecule has 2 aliphatic heterocycles. The minimum absolute atomic E-state index is 0.00653. The third kappa shape index (κ3) is 8.73. The Morgan fingerprint density at radius 2 is 1.83 bits per heavy atom. The number of anilines is 2. The van der Waals surface area contributed by atoms with Gasteiger partial charge in [0.25, 0.3) is 0 Å². The van der Waals surface area contributed by atoms with Crippen LogP contribution >= 0.6 is 11.8 Å². The molecule has 3 amide bonds. The first kappa shape index (κ1) is 36.2. The third-order valence-electron chi connectivity index (χ3n) is 8.46. The molecule has 2 aromatic rings. The molecule has 0 radical (unpaired) electrons. The predicted octanol–water partition coefficient (Wildman–Crippen LogP) is 6.76. The van der Waals surface area contributed by atoms with Crippen LogP contribution in [0.2, 0.25) is 0 Å². The summed E-state index contributed by atoms with van der Waals surface area (Å²) in [5.74, 6) is -0.901. The molecule has 0 spiro atoms. The number of fused-ring (bicyclic) bond motifs is 1. The number of methoxy groups -OCH3 is 1. The number of amides is 3. The third-order valence-corrected chi connectivity index (χ3v) is 10.6. The van der Waals surface area contributed by atoms with Gasteiger partial charge in [-0.2, -0.15) is 0 Å². The molecule has 2 heterocycles. The predicted molar refractivity (Wildman–Crippen MR) is 182 cm³/mol. The van der Waals surface area contributed by atoms with Crippen LogP contribution in [0.3, 0.4) is 0 Å². The van der Waals surface area contributed by atoms with Gasteiger partial charge in [0.15, 0.2) is 12.0 Å². The molecule has 3 aliphatic rings. The lowest BCUT2D eigenvalue weighted by Crippen LogP contribution is -2.51. The van der Waals surface area contributed by atoms with Crippen LogP contribution in [0, 0.1) is 5.92 Å². The fraction of sp³-hybridized carbons (Fsp3) is 0.559. The second-order valence-electron chi connectivity index (χ2n) is 13.3. The van der Waals surface area contributed by atoms with Crippen LogP contribution in [0.5, 0.6) is 5.75 Å². The Labute approximate surface area is 287 Å². The fourth-order valence-corrected chi connectivity index (χ4v) is 7.47.